The molecule has 0 bridgehead atoms. The maximum Gasteiger partial charge on any atom is 0.316 e. The van der Waals surface area contributed by atoms with Gasteiger partial charge in [0.15, 0.2) is 0 Å². The Morgan fingerprint density at radius 3 is 2.42 bits per heavy atom. The van der Waals surface area contributed by atoms with Crippen molar-refractivity contribution >= 4 is 58.3 Å². The van der Waals surface area contributed by atoms with Gasteiger partial charge in [-0.2, -0.15) is 0 Å². The van der Waals surface area contributed by atoms with Crippen LogP contribution in [0.15, 0.2) is 42.5 Å². The molecule has 31 heavy (non-hydrogen) atoms. The van der Waals surface area contributed by atoms with Crippen molar-refractivity contribution in [3.8, 4) is 5.75 Å². The van der Waals surface area contributed by atoms with Gasteiger partial charge in [0.25, 0.3) is 0 Å². The number of anilines is 2. The number of esters is 1. The van der Waals surface area contributed by atoms with E-state index in [1.165, 1.54) is 11.0 Å². The number of rotatable bonds is 4. The highest BCUT2D eigenvalue weighted by molar-refractivity contribution is 6.44. The SMILES string of the molecule is O=C(Oc1cccc(N2C(=O)CCCC2=O)c1)[C@@H]1CC(=O)N(c2cccc(Cl)c2Cl)C1. The van der Waals surface area contributed by atoms with E-state index in [4.69, 9.17) is 27.9 Å². The molecule has 7 nitrogen and oxygen atoms in total. The van der Waals surface area contributed by atoms with Crippen molar-refractivity contribution in [1.82, 2.24) is 0 Å². The van der Waals surface area contributed by atoms with Gasteiger partial charge in [-0.05, 0) is 30.7 Å². The topological polar surface area (TPSA) is 84.0 Å². The number of imide groups is 1. The normalized spacial score (nSPS) is 19.2. The summed E-state index contributed by atoms with van der Waals surface area (Å²) < 4.78 is 5.46. The van der Waals surface area contributed by atoms with Crippen LogP contribution < -0.4 is 14.5 Å². The molecular weight excluding hydrogens is 443 g/mol. The Bertz CT molecular complexity index is 1070. The minimum absolute atomic E-state index is 0.0234. The van der Waals surface area contributed by atoms with Gasteiger partial charge < -0.3 is 9.64 Å². The number of halogens is 2. The smallest absolute Gasteiger partial charge is 0.316 e. The van der Waals surface area contributed by atoms with E-state index >= 15 is 0 Å². The average molecular weight is 461 g/mol. The standard InChI is InChI=1S/C22H18Cl2N2O5/c23-16-6-2-7-17(21(16)24)25-12-13(10-20(25)29)22(30)31-15-5-1-4-14(11-15)26-18(27)8-3-9-19(26)28/h1-2,4-7,11,13H,3,8-10,12H2/t13-/m1/s1. The molecule has 1 atom stereocenters. The van der Waals surface area contributed by atoms with Gasteiger partial charge >= 0.3 is 5.97 Å². The lowest BCUT2D eigenvalue weighted by atomic mass is 10.1. The molecule has 2 saturated heterocycles. The number of piperidine rings is 1. The quantitative estimate of drug-likeness (QED) is 0.391. The molecule has 3 amide bonds. The third-order valence-corrected chi connectivity index (χ3v) is 6.06. The summed E-state index contributed by atoms with van der Waals surface area (Å²) in [5, 5.41) is 0.562. The maximum atomic E-state index is 12.7. The van der Waals surface area contributed by atoms with Gasteiger partial charge in [0.2, 0.25) is 17.7 Å². The van der Waals surface area contributed by atoms with Crippen molar-refractivity contribution in [2.45, 2.75) is 25.7 Å². The van der Waals surface area contributed by atoms with Gasteiger partial charge in [-0.1, -0.05) is 35.3 Å². The molecule has 0 radical (unpaired) electrons. The van der Waals surface area contributed by atoms with Gasteiger partial charge in [-0.3, -0.25) is 24.1 Å². The highest BCUT2D eigenvalue weighted by Crippen LogP contribution is 2.36. The molecule has 2 aliphatic rings. The molecule has 0 unspecified atom stereocenters. The number of nitrogens with zero attached hydrogens (tertiary/aromatic N) is 2. The number of carbonyl (C=O) groups excluding carboxylic acids is 4. The van der Waals surface area contributed by atoms with Gasteiger partial charge in [-0.25, -0.2) is 0 Å². The van der Waals surface area contributed by atoms with Crippen LogP contribution in [0.1, 0.15) is 25.7 Å². The first-order valence-corrected chi connectivity index (χ1v) is 10.5. The van der Waals surface area contributed by atoms with Crippen LogP contribution in [0.5, 0.6) is 5.75 Å². The molecule has 0 aromatic heterocycles. The predicted molar refractivity (Wildman–Crippen MR) is 115 cm³/mol. The predicted octanol–water partition coefficient (Wildman–Crippen LogP) is 4.00. The molecule has 2 heterocycles. The van der Waals surface area contributed by atoms with Gasteiger partial charge in [0, 0.05) is 31.9 Å². The van der Waals surface area contributed by atoms with Crippen LogP contribution in [0.25, 0.3) is 0 Å². The zero-order valence-corrected chi connectivity index (χ0v) is 17.9. The van der Waals surface area contributed by atoms with Gasteiger partial charge in [0.05, 0.1) is 27.3 Å². The molecule has 2 fully saturated rings. The molecule has 0 aliphatic carbocycles. The van der Waals surface area contributed by atoms with E-state index in [1.54, 1.807) is 36.4 Å². The van der Waals surface area contributed by atoms with Crippen LogP contribution in [0.2, 0.25) is 10.0 Å². The summed E-state index contributed by atoms with van der Waals surface area (Å²) in [5.74, 6) is -1.90. The summed E-state index contributed by atoms with van der Waals surface area (Å²) in [7, 11) is 0. The van der Waals surface area contributed by atoms with Gasteiger partial charge in [-0.15, -0.1) is 0 Å². The second-order valence-corrected chi connectivity index (χ2v) is 8.16. The summed E-state index contributed by atoms with van der Waals surface area (Å²) in [6.07, 6.45) is 1.10. The highest BCUT2D eigenvalue weighted by atomic mass is 35.5. The third-order valence-electron chi connectivity index (χ3n) is 5.25. The molecule has 9 heteroatoms. The summed E-state index contributed by atoms with van der Waals surface area (Å²) in [5.41, 5.74) is 0.799. The number of hydrogen-bond acceptors (Lipinski definition) is 5. The molecule has 160 valence electrons. The average Bonchev–Trinajstić information content (AvgIpc) is 3.12. The van der Waals surface area contributed by atoms with E-state index < -0.39 is 11.9 Å². The monoisotopic (exact) mass is 460 g/mol. The number of ether oxygens (including phenoxy) is 1. The zero-order valence-electron chi connectivity index (χ0n) is 16.3. The van der Waals surface area contributed by atoms with Crippen molar-refractivity contribution in [1.29, 1.82) is 0 Å². The van der Waals surface area contributed by atoms with Crippen molar-refractivity contribution in [3.05, 3.63) is 52.5 Å². The number of hydrogen-bond donors (Lipinski definition) is 0. The third kappa shape index (κ3) is 4.29. The van der Waals surface area contributed by atoms with Crippen LogP contribution in [0.3, 0.4) is 0 Å². The minimum Gasteiger partial charge on any atom is -0.426 e. The van der Waals surface area contributed by atoms with Crippen molar-refractivity contribution in [2.75, 3.05) is 16.3 Å². The lowest BCUT2D eigenvalue weighted by Crippen LogP contribution is -2.40. The largest absolute Gasteiger partial charge is 0.426 e. The fourth-order valence-electron chi connectivity index (χ4n) is 3.73. The number of benzene rings is 2. The number of amides is 3. The van der Waals surface area contributed by atoms with E-state index in [2.05, 4.69) is 0 Å². The molecular formula is C22H18Cl2N2O5. The van der Waals surface area contributed by atoms with E-state index in [0.717, 1.165) is 4.90 Å². The van der Waals surface area contributed by atoms with Crippen molar-refractivity contribution < 1.29 is 23.9 Å². The second-order valence-electron chi connectivity index (χ2n) is 7.37. The molecule has 2 aliphatic heterocycles. The fraction of sp³-hybridized carbons (Fsp3) is 0.273. The summed E-state index contributed by atoms with van der Waals surface area (Å²) >= 11 is 12.2. The molecule has 0 saturated carbocycles. The Kier molecular flexibility index (Phi) is 5.98. The Balaban J connectivity index is 1.48. The first-order valence-electron chi connectivity index (χ1n) is 9.77. The minimum atomic E-state index is -0.690. The molecule has 0 N–H and O–H groups in total. The van der Waals surface area contributed by atoms with E-state index in [-0.39, 0.29) is 41.5 Å². The van der Waals surface area contributed by atoms with Crippen molar-refractivity contribution in [2.24, 2.45) is 5.92 Å². The Morgan fingerprint density at radius 2 is 1.68 bits per heavy atom. The highest BCUT2D eigenvalue weighted by Gasteiger charge is 2.37. The van der Waals surface area contributed by atoms with Crippen molar-refractivity contribution in [3.63, 3.8) is 0 Å². The molecule has 2 aromatic carbocycles. The molecule has 2 aromatic rings. The second kappa shape index (κ2) is 8.69. The van der Waals surface area contributed by atoms with E-state index in [9.17, 15) is 19.2 Å². The van der Waals surface area contributed by atoms with Crippen LogP contribution in [0.4, 0.5) is 11.4 Å². The van der Waals surface area contributed by atoms with Crippen LogP contribution in [-0.4, -0.2) is 30.2 Å². The zero-order chi connectivity index (χ0) is 22.1. The summed E-state index contributed by atoms with van der Waals surface area (Å²) in [4.78, 5) is 52.0. The van der Waals surface area contributed by atoms with Crippen LogP contribution in [-0.2, 0) is 19.2 Å². The first kappa shape index (κ1) is 21.3. The molecule has 0 spiro atoms. The van der Waals surface area contributed by atoms with Crippen LogP contribution >= 0.6 is 23.2 Å². The first-order chi connectivity index (χ1) is 14.8. The Morgan fingerprint density at radius 1 is 0.968 bits per heavy atom. The molecule has 4 rings (SSSR count). The van der Waals surface area contributed by atoms with Gasteiger partial charge in [0.1, 0.15) is 5.75 Å². The van der Waals surface area contributed by atoms with E-state index in [1.807, 2.05) is 0 Å². The van der Waals surface area contributed by atoms with Crippen LogP contribution in [0, 0.1) is 5.92 Å². The Hall–Kier alpha value is -2.90. The Labute approximate surface area is 188 Å². The fourth-order valence-corrected chi connectivity index (χ4v) is 4.12. The lowest BCUT2D eigenvalue weighted by molar-refractivity contribution is -0.139. The summed E-state index contributed by atoms with van der Waals surface area (Å²) in [6, 6.07) is 11.2. The lowest BCUT2D eigenvalue weighted by Gasteiger charge is -2.25. The van der Waals surface area contributed by atoms with E-state index in [0.29, 0.717) is 35.7 Å². The maximum absolute atomic E-state index is 12.7. The number of carbonyl (C=O) groups is 4. The summed E-state index contributed by atoms with van der Waals surface area (Å²) in [6.45, 7) is 0.112.